The van der Waals surface area contributed by atoms with Crippen LogP contribution < -0.4 is 0 Å². The Kier molecular flexibility index (Phi) is 6.08. The number of nitriles is 1. The van der Waals surface area contributed by atoms with Crippen molar-refractivity contribution in [2.45, 2.75) is 13.5 Å². The van der Waals surface area contributed by atoms with Crippen molar-refractivity contribution in [3.63, 3.8) is 0 Å². The van der Waals surface area contributed by atoms with Crippen LogP contribution in [0, 0.1) is 18.3 Å². The first-order valence-electron chi connectivity index (χ1n) is 7.56. The van der Waals surface area contributed by atoms with Crippen molar-refractivity contribution in [1.82, 2.24) is 0 Å². The third-order valence-electron chi connectivity index (χ3n) is 3.47. The van der Waals surface area contributed by atoms with Crippen molar-refractivity contribution < 1.29 is 19.1 Å². The first-order valence-corrected chi connectivity index (χ1v) is 7.56. The molecule has 25 heavy (non-hydrogen) atoms. The fraction of sp³-hybridized carbons (Fsp3) is 0.150. The summed E-state index contributed by atoms with van der Waals surface area (Å²) in [7, 11) is 1.31. The number of benzene rings is 2. The van der Waals surface area contributed by atoms with Crippen LogP contribution in [0.2, 0.25) is 0 Å². The zero-order valence-corrected chi connectivity index (χ0v) is 14.0. The second kappa shape index (κ2) is 8.46. The van der Waals surface area contributed by atoms with E-state index in [1.54, 1.807) is 24.3 Å². The number of aryl methyl sites for hydroxylation is 1. The zero-order valence-electron chi connectivity index (χ0n) is 14.0. The van der Waals surface area contributed by atoms with Gasteiger partial charge < -0.3 is 9.47 Å². The lowest BCUT2D eigenvalue weighted by Crippen LogP contribution is -2.07. The molecule has 126 valence electrons. The number of hydrogen-bond acceptors (Lipinski definition) is 5. The molecule has 2 aromatic rings. The van der Waals surface area contributed by atoms with Gasteiger partial charge in [-0.05, 0) is 36.3 Å². The average molecular weight is 335 g/mol. The number of nitrogens with zero attached hydrogens (tertiary/aromatic N) is 1. The smallest absolute Gasteiger partial charge is 0.349 e. The topological polar surface area (TPSA) is 76.4 Å². The van der Waals surface area contributed by atoms with E-state index in [0.29, 0.717) is 11.1 Å². The minimum Gasteiger partial charge on any atom is -0.465 e. The molecule has 0 spiro atoms. The molecular weight excluding hydrogens is 318 g/mol. The van der Waals surface area contributed by atoms with E-state index >= 15 is 0 Å². The van der Waals surface area contributed by atoms with Crippen LogP contribution in [0.15, 0.2) is 54.1 Å². The summed E-state index contributed by atoms with van der Waals surface area (Å²) < 4.78 is 9.77. The van der Waals surface area contributed by atoms with Crippen LogP contribution in [0.4, 0.5) is 0 Å². The number of rotatable bonds is 5. The summed E-state index contributed by atoms with van der Waals surface area (Å²) >= 11 is 0. The molecule has 0 heterocycles. The molecule has 5 heteroatoms. The summed E-state index contributed by atoms with van der Waals surface area (Å²) in [6, 6.07) is 15.8. The Morgan fingerprint density at radius 2 is 1.72 bits per heavy atom. The van der Waals surface area contributed by atoms with Gasteiger partial charge >= 0.3 is 11.9 Å². The van der Waals surface area contributed by atoms with Crippen LogP contribution in [0.1, 0.15) is 27.0 Å². The maximum absolute atomic E-state index is 12.1. The molecule has 0 N–H and O–H groups in total. The molecule has 0 atom stereocenters. The van der Waals surface area contributed by atoms with Crippen molar-refractivity contribution >= 4 is 18.0 Å². The highest BCUT2D eigenvalue weighted by molar-refractivity contribution is 5.97. The van der Waals surface area contributed by atoms with Gasteiger partial charge in [0.25, 0.3) is 0 Å². The third kappa shape index (κ3) is 5.05. The molecule has 2 aromatic carbocycles. The van der Waals surface area contributed by atoms with Crippen LogP contribution >= 0.6 is 0 Å². The van der Waals surface area contributed by atoms with Crippen LogP contribution in [-0.4, -0.2) is 19.0 Å². The van der Waals surface area contributed by atoms with Crippen molar-refractivity contribution in [2.75, 3.05) is 7.11 Å². The van der Waals surface area contributed by atoms with Crippen molar-refractivity contribution in [1.29, 1.82) is 5.26 Å². The van der Waals surface area contributed by atoms with E-state index in [4.69, 9.17) is 10.00 Å². The van der Waals surface area contributed by atoms with Gasteiger partial charge in [-0.3, -0.25) is 0 Å². The van der Waals surface area contributed by atoms with Crippen molar-refractivity contribution in [2.24, 2.45) is 0 Å². The van der Waals surface area contributed by atoms with Gasteiger partial charge in [-0.15, -0.1) is 0 Å². The maximum atomic E-state index is 12.1. The van der Waals surface area contributed by atoms with Gasteiger partial charge in [0.1, 0.15) is 18.2 Å². The van der Waals surface area contributed by atoms with Gasteiger partial charge in [-0.2, -0.15) is 5.26 Å². The monoisotopic (exact) mass is 335 g/mol. The molecule has 0 unspecified atom stereocenters. The van der Waals surface area contributed by atoms with E-state index in [1.165, 1.54) is 13.2 Å². The number of esters is 2. The average Bonchev–Trinajstić information content (AvgIpc) is 2.65. The largest absolute Gasteiger partial charge is 0.465 e. The zero-order chi connectivity index (χ0) is 18.2. The normalized spacial score (nSPS) is 10.7. The van der Waals surface area contributed by atoms with Gasteiger partial charge in [0.2, 0.25) is 0 Å². The summed E-state index contributed by atoms with van der Waals surface area (Å²) in [5.41, 5.74) is 2.88. The van der Waals surface area contributed by atoms with E-state index in [9.17, 15) is 9.59 Å². The summed E-state index contributed by atoms with van der Waals surface area (Å²) in [4.78, 5) is 23.4. The van der Waals surface area contributed by atoms with E-state index in [1.807, 2.05) is 37.3 Å². The molecule has 0 saturated carbocycles. The fourth-order valence-corrected chi connectivity index (χ4v) is 2.05. The summed E-state index contributed by atoms with van der Waals surface area (Å²) in [5.74, 6) is -1.13. The van der Waals surface area contributed by atoms with Crippen molar-refractivity contribution in [3.05, 3.63) is 76.4 Å². The fourth-order valence-electron chi connectivity index (χ4n) is 2.05. The Morgan fingerprint density at radius 1 is 1.08 bits per heavy atom. The summed E-state index contributed by atoms with van der Waals surface area (Å²) in [5, 5.41) is 9.16. The minimum absolute atomic E-state index is 0.00715. The molecule has 0 aromatic heterocycles. The quantitative estimate of drug-likeness (QED) is 0.475. The molecule has 0 aliphatic rings. The summed E-state index contributed by atoms with van der Waals surface area (Å²) in [6.45, 7) is 1.96. The van der Waals surface area contributed by atoms with Gasteiger partial charge in [-0.25, -0.2) is 9.59 Å². The van der Waals surface area contributed by atoms with Gasteiger partial charge in [0.15, 0.2) is 0 Å². The standard InChI is InChI=1S/C20H17NO4/c1-14-3-5-15(6-4-14)11-18(12-21)20(23)25-13-16-7-9-17(10-8-16)19(22)24-2/h3-11H,13H2,1-2H3/b18-11+. The molecular formula is C20H17NO4. The van der Waals surface area contributed by atoms with Gasteiger partial charge in [0, 0.05) is 0 Å². The van der Waals surface area contributed by atoms with E-state index in [-0.39, 0.29) is 12.2 Å². The number of carbonyl (C=O) groups is 2. The van der Waals surface area contributed by atoms with Crippen molar-refractivity contribution in [3.8, 4) is 6.07 Å². The highest BCUT2D eigenvalue weighted by Crippen LogP contribution is 2.12. The predicted octanol–water partition coefficient (Wildman–Crippen LogP) is 3.43. The number of methoxy groups -OCH3 is 1. The molecule has 0 aliphatic carbocycles. The van der Waals surface area contributed by atoms with Gasteiger partial charge in [-0.1, -0.05) is 42.0 Å². The Balaban J connectivity index is 2.01. The highest BCUT2D eigenvalue weighted by Gasteiger charge is 2.11. The highest BCUT2D eigenvalue weighted by atomic mass is 16.5. The predicted molar refractivity (Wildman–Crippen MR) is 92.3 cm³/mol. The van der Waals surface area contributed by atoms with E-state index in [0.717, 1.165) is 11.1 Å². The Hall–Kier alpha value is -3.39. The van der Waals surface area contributed by atoms with Crippen LogP contribution in [0.5, 0.6) is 0 Å². The van der Waals surface area contributed by atoms with E-state index in [2.05, 4.69) is 4.74 Å². The molecule has 0 saturated heterocycles. The molecule has 5 nitrogen and oxygen atoms in total. The molecule has 0 bridgehead atoms. The first-order chi connectivity index (χ1) is 12.0. The molecule has 2 rings (SSSR count). The summed E-state index contributed by atoms with van der Waals surface area (Å²) in [6.07, 6.45) is 1.49. The maximum Gasteiger partial charge on any atom is 0.349 e. The number of carbonyl (C=O) groups excluding carboxylic acids is 2. The number of ether oxygens (including phenoxy) is 2. The van der Waals surface area contributed by atoms with Crippen LogP contribution in [0.25, 0.3) is 6.08 Å². The molecule has 0 aliphatic heterocycles. The Morgan fingerprint density at radius 3 is 2.28 bits per heavy atom. The van der Waals surface area contributed by atoms with Crippen LogP contribution in [0.3, 0.4) is 0 Å². The minimum atomic E-state index is -0.694. The second-order valence-corrected chi connectivity index (χ2v) is 5.35. The Bertz CT molecular complexity index is 827. The molecule has 0 radical (unpaired) electrons. The number of hydrogen-bond donors (Lipinski definition) is 0. The molecule has 0 amide bonds. The second-order valence-electron chi connectivity index (χ2n) is 5.35. The first kappa shape index (κ1) is 18.0. The third-order valence-corrected chi connectivity index (χ3v) is 3.47. The van der Waals surface area contributed by atoms with Gasteiger partial charge in [0.05, 0.1) is 12.7 Å². The lowest BCUT2D eigenvalue weighted by Gasteiger charge is -2.05. The Labute approximate surface area is 146 Å². The SMILES string of the molecule is COC(=O)c1ccc(COC(=O)/C(C#N)=C/c2ccc(C)cc2)cc1. The lowest BCUT2D eigenvalue weighted by molar-refractivity contribution is -0.139. The lowest BCUT2D eigenvalue weighted by atomic mass is 10.1. The van der Waals surface area contributed by atoms with E-state index < -0.39 is 11.9 Å². The molecule has 0 fully saturated rings. The van der Waals surface area contributed by atoms with Crippen LogP contribution in [-0.2, 0) is 20.9 Å².